The van der Waals surface area contributed by atoms with Crippen LogP contribution in [0.3, 0.4) is 0 Å². The number of rotatable bonds is 21. The first kappa shape index (κ1) is 40.7. The molecule has 0 aliphatic heterocycles. The zero-order chi connectivity index (χ0) is 37.4. The van der Waals surface area contributed by atoms with Crippen LogP contribution in [-0.4, -0.2) is 0 Å². The van der Waals surface area contributed by atoms with Crippen molar-refractivity contribution in [1.29, 1.82) is 0 Å². The zero-order valence-electron chi connectivity index (χ0n) is 34.0. The van der Waals surface area contributed by atoms with E-state index in [1.807, 2.05) is 0 Å². The van der Waals surface area contributed by atoms with Gasteiger partial charge in [0.05, 0.1) is 0 Å². The minimum Gasteiger partial charge on any atom is -0.399 e. The maximum Gasteiger partial charge on any atom is 0.0316 e. The maximum absolute atomic E-state index is 6.22. The van der Waals surface area contributed by atoms with E-state index in [1.54, 1.807) is 0 Å². The van der Waals surface area contributed by atoms with Crippen LogP contribution in [0.5, 0.6) is 0 Å². The Hall–Kier alpha value is -3.52. The van der Waals surface area contributed by atoms with Gasteiger partial charge in [-0.25, -0.2) is 0 Å². The zero-order valence-corrected chi connectivity index (χ0v) is 34.0. The number of hydrogen-bond donors (Lipinski definition) is 2. The summed E-state index contributed by atoms with van der Waals surface area (Å²) < 4.78 is 0. The van der Waals surface area contributed by atoms with Gasteiger partial charge in [-0.15, -0.1) is 0 Å². The highest BCUT2D eigenvalue weighted by Gasteiger charge is 2.28. The molecule has 0 bridgehead atoms. The summed E-state index contributed by atoms with van der Waals surface area (Å²) in [4.78, 5) is 0. The van der Waals surface area contributed by atoms with Gasteiger partial charge >= 0.3 is 0 Å². The Labute approximate surface area is 324 Å². The number of hydrogen-bond acceptors (Lipinski definition) is 2. The minimum absolute atomic E-state index is 0.406. The van der Waals surface area contributed by atoms with Crippen molar-refractivity contribution in [3.63, 3.8) is 0 Å². The largest absolute Gasteiger partial charge is 0.399 e. The molecule has 2 heteroatoms. The third-order valence-corrected chi connectivity index (χ3v) is 12.5. The second-order valence-corrected chi connectivity index (χ2v) is 16.7. The van der Waals surface area contributed by atoms with E-state index < -0.39 is 0 Å². The van der Waals surface area contributed by atoms with Gasteiger partial charge in [0.1, 0.15) is 0 Å². The van der Waals surface area contributed by atoms with Crippen LogP contribution in [0.25, 0.3) is 0 Å². The summed E-state index contributed by atoms with van der Waals surface area (Å²) in [5.74, 6) is 1.94. The minimum atomic E-state index is 0.406. The Morgan fingerprint density at radius 1 is 0.472 bits per heavy atom. The molecule has 2 atom stereocenters. The fraction of sp³-hybridized carbons (Fsp3) is 0.529. The summed E-state index contributed by atoms with van der Waals surface area (Å²) in [6.45, 7) is 9.08. The first-order chi connectivity index (χ1) is 25.9. The molecule has 0 saturated heterocycles. The summed E-state index contributed by atoms with van der Waals surface area (Å²) in [5.41, 5.74) is 25.5. The first-order valence-corrected chi connectivity index (χ1v) is 21.8. The summed E-state index contributed by atoms with van der Waals surface area (Å²) in [6, 6.07) is 32.9. The molecular formula is C51H72N2. The molecule has 0 radical (unpaired) electrons. The fourth-order valence-electron chi connectivity index (χ4n) is 9.52. The van der Waals surface area contributed by atoms with Gasteiger partial charge in [0.2, 0.25) is 0 Å². The van der Waals surface area contributed by atoms with E-state index in [1.165, 1.54) is 167 Å². The van der Waals surface area contributed by atoms with Crippen molar-refractivity contribution in [2.24, 2.45) is 5.92 Å². The average molecular weight is 713 g/mol. The van der Waals surface area contributed by atoms with Gasteiger partial charge in [0.15, 0.2) is 0 Å². The lowest BCUT2D eigenvalue weighted by Crippen LogP contribution is -2.18. The molecule has 1 fully saturated rings. The molecule has 2 unspecified atom stereocenters. The van der Waals surface area contributed by atoms with Gasteiger partial charge in [-0.05, 0) is 114 Å². The van der Waals surface area contributed by atoms with Gasteiger partial charge in [-0.3, -0.25) is 0 Å². The lowest BCUT2D eigenvalue weighted by Gasteiger charge is -2.32. The average Bonchev–Trinajstić information content (AvgIpc) is 3.16. The second-order valence-electron chi connectivity index (χ2n) is 16.7. The second kappa shape index (κ2) is 21.4. The summed E-state index contributed by atoms with van der Waals surface area (Å²) in [7, 11) is 0. The summed E-state index contributed by atoms with van der Waals surface area (Å²) >= 11 is 0. The van der Waals surface area contributed by atoms with Gasteiger partial charge in [-0.2, -0.15) is 0 Å². The number of aryl methyl sites for hydroxylation is 2. The van der Waals surface area contributed by atoms with Crippen LogP contribution in [0, 0.1) is 19.8 Å². The predicted octanol–water partition coefficient (Wildman–Crippen LogP) is 14.9. The van der Waals surface area contributed by atoms with Crippen molar-refractivity contribution in [3.8, 4) is 0 Å². The third kappa shape index (κ3) is 11.7. The van der Waals surface area contributed by atoms with E-state index in [0.29, 0.717) is 23.7 Å². The number of unbranched alkanes of at least 4 members (excludes halogenated alkanes) is 10. The molecule has 4 aromatic carbocycles. The van der Waals surface area contributed by atoms with E-state index in [4.69, 9.17) is 11.5 Å². The Balaban J connectivity index is 1.40. The van der Waals surface area contributed by atoms with Crippen LogP contribution in [0.1, 0.15) is 198 Å². The topological polar surface area (TPSA) is 52.0 Å². The fourth-order valence-corrected chi connectivity index (χ4v) is 9.52. The molecule has 4 aromatic rings. The normalized spacial score (nSPS) is 15.3. The molecule has 286 valence electrons. The van der Waals surface area contributed by atoms with E-state index in [-0.39, 0.29) is 0 Å². The number of anilines is 2. The van der Waals surface area contributed by atoms with Crippen LogP contribution in [0.15, 0.2) is 84.9 Å². The summed E-state index contributed by atoms with van der Waals surface area (Å²) in [6.07, 6.45) is 25.0. The van der Waals surface area contributed by atoms with Gasteiger partial charge < -0.3 is 11.5 Å². The van der Waals surface area contributed by atoms with Gasteiger partial charge in [-0.1, -0.05) is 171 Å². The molecule has 4 N–H and O–H groups in total. The Bertz CT molecular complexity index is 1510. The van der Waals surface area contributed by atoms with Crippen LogP contribution in [0.4, 0.5) is 11.4 Å². The third-order valence-electron chi connectivity index (χ3n) is 12.5. The van der Waals surface area contributed by atoms with Crippen molar-refractivity contribution in [2.45, 2.75) is 167 Å². The Morgan fingerprint density at radius 2 is 0.849 bits per heavy atom. The van der Waals surface area contributed by atoms with Crippen LogP contribution >= 0.6 is 0 Å². The van der Waals surface area contributed by atoms with Gasteiger partial charge in [0, 0.05) is 29.1 Å². The van der Waals surface area contributed by atoms with Gasteiger partial charge in [0.25, 0.3) is 0 Å². The molecule has 1 saturated carbocycles. The highest BCUT2D eigenvalue weighted by atomic mass is 14.5. The molecule has 0 spiro atoms. The van der Waals surface area contributed by atoms with Crippen LogP contribution in [0.2, 0.25) is 0 Å². The quantitative estimate of drug-likeness (QED) is 0.0667. The van der Waals surface area contributed by atoms with Crippen molar-refractivity contribution < 1.29 is 0 Å². The molecule has 0 amide bonds. The van der Waals surface area contributed by atoms with Crippen molar-refractivity contribution >= 4 is 11.4 Å². The monoisotopic (exact) mass is 713 g/mol. The van der Waals surface area contributed by atoms with Crippen molar-refractivity contribution in [3.05, 3.63) is 129 Å². The Kier molecular flexibility index (Phi) is 16.4. The molecule has 0 aromatic heterocycles. The Morgan fingerprint density at radius 3 is 1.25 bits per heavy atom. The van der Waals surface area contributed by atoms with E-state index in [0.717, 1.165) is 11.4 Å². The predicted molar refractivity (Wildman–Crippen MR) is 232 cm³/mol. The first-order valence-electron chi connectivity index (χ1n) is 21.8. The number of nitrogen functional groups attached to an aromatic ring is 2. The van der Waals surface area contributed by atoms with Crippen LogP contribution < -0.4 is 11.5 Å². The molecular weight excluding hydrogens is 641 g/mol. The highest BCUT2D eigenvalue weighted by molar-refractivity contribution is 5.50. The molecule has 5 rings (SSSR count). The molecule has 1 aliphatic rings. The van der Waals surface area contributed by atoms with Crippen molar-refractivity contribution in [2.75, 3.05) is 11.5 Å². The maximum atomic E-state index is 6.22. The van der Waals surface area contributed by atoms with E-state index in [2.05, 4.69) is 113 Å². The number of benzene rings is 4. The highest BCUT2D eigenvalue weighted by Crippen LogP contribution is 2.43. The molecule has 2 nitrogen and oxygen atoms in total. The standard InChI is InChI=1S/C51H72N2/c1-5-7-9-11-13-18-22-49(47-34-32-45(52)36-38(47)3)40-24-28-43(29-25-40)51(42-20-16-15-17-21-42)44-30-26-41(27-31-44)50(23-19-14-12-10-8-6-2)48-35-33-46(53)37-39(48)4/h24-37,42,49-51H,5-23,52-53H2,1-4H3. The van der Waals surface area contributed by atoms with Crippen LogP contribution in [-0.2, 0) is 0 Å². The molecule has 0 heterocycles. The molecule has 53 heavy (non-hydrogen) atoms. The summed E-state index contributed by atoms with van der Waals surface area (Å²) in [5, 5.41) is 0. The SMILES string of the molecule is CCCCCCCCC(c1ccc(C(c2ccc(C(CCCCCCCC)c3ccc(N)cc3C)cc2)C2CCCCC2)cc1)c1ccc(N)cc1C. The smallest absolute Gasteiger partial charge is 0.0316 e. The molecule has 1 aliphatic carbocycles. The lowest BCUT2D eigenvalue weighted by molar-refractivity contribution is 0.327. The number of nitrogens with two attached hydrogens (primary N) is 2. The lowest BCUT2D eigenvalue weighted by atomic mass is 9.73. The van der Waals surface area contributed by atoms with E-state index in [9.17, 15) is 0 Å². The van der Waals surface area contributed by atoms with Crippen molar-refractivity contribution in [1.82, 2.24) is 0 Å². The van der Waals surface area contributed by atoms with E-state index >= 15 is 0 Å².